The number of pyridine rings is 2. The van der Waals surface area contributed by atoms with Crippen LogP contribution in [0.2, 0.25) is 0 Å². The third-order valence-corrected chi connectivity index (χ3v) is 5.46. The van der Waals surface area contributed by atoms with Crippen LogP contribution in [0, 0.1) is 6.92 Å². The van der Waals surface area contributed by atoms with E-state index in [2.05, 4.69) is 27.0 Å². The minimum atomic E-state index is 0.200. The fraction of sp³-hybridized carbons (Fsp3) is 0.185. The number of likely N-dealkylation sites (tertiary alicyclic amines) is 1. The molecular weight excluding hydrogens is 398 g/mol. The lowest BCUT2D eigenvalue weighted by Gasteiger charge is -2.39. The van der Waals surface area contributed by atoms with Gasteiger partial charge in [-0.25, -0.2) is 0 Å². The van der Waals surface area contributed by atoms with Crippen LogP contribution in [-0.2, 0) is 6.54 Å². The Kier molecular flexibility index (Phi) is 5.81. The molecule has 1 fully saturated rings. The Morgan fingerprint density at radius 3 is 2.31 bits per heavy atom. The van der Waals surface area contributed by atoms with E-state index in [1.807, 2.05) is 79.9 Å². The predicted molar refractivity (Wildman–Crippen MR) is 125 cm³/mol. The van der Waals surface area contributed by atoms with Crippen LogP contribution in [0.25, 0.3) is 11.3 Å². The third-order valence-electron chi connectivity index (χ3n) is 5.46. The molecule has 1 aliphatic rings. The van der Waals surface area contributed by atoms with Crippen LogP contribution in [-0.4, -0.2) is 34.1 Å². The molecule has 5 heteroatoms. The minimum Gasteiger partial charge on any atom is -0.486 e. The normalized spacial score (nSPS) is 14.0. The molecule has 0 spiro atoms. The summed E-state index contributed by atoms with van der Waals surface area (Å²) in [6.45, 7) is 4.71. The second kappa shape index (κ2) is 9.20. The lowest BCUT2D eigenvalue weighted by Crippen LogP contribution is -2.53. The molecule has 0 N–H and O–H groups in total. The maximum atomic E-state index is 6.08. The van der Waals surface area contributed by atoms with E-state index in [0.29, 0.717) is 0 Å². The first-order chi connectivity index (χ1) is 15.7. The van der Waals surface area contributed by atoms with E-state index < -0.39 is 0 Å². The average molecular weight is 424 g/mol. The Morgan fingerprint density at radius 2 is 1.59 bits per heavy atom. The number of para-hydroxylation sites is 1. The zero-order valence-corrected chi connectivity index (χ0v) is 18.0. The SMILES string of the molecule is Cc1cc(-c2ccc(OC3CN(Cc4ccc(Oc5ccccc5)cc4)C3)cn2)ccn1. The van der Waals surface area contributed by atoms with Crippen LogP contribution in [0.1, 0.15) is 11.3 Å². The molecule has 5 rings (SSSR count). The minimum absolute atomic E-state index is 0.200. The van der Waals surface area contributed by atoms with Crippen molar-refractivity contribution in [2.45, 2.75) is 19.6 Å². The van der Waals surface area contributed by atoms with Gasteiger partial charge in [-0.2, -0.15) is 0 Å². The molecule has 4 aromatic rings. The van der Waals surface area contributed by atoms with E-state index in [9.17, 15) is 0 Å². The van der Waals surface area contributed by atoms with Crippen molar-refractivity contribution in [2.75, 3.05) is 13.1 Å². The molecule has 0 atom stereocenters. The number of aromatic nitrogens is 2. The molecule has 0 radical (unpaired) electrons. The van der Waals surface area contributed by atoms with E-state index in [-0.39, 0.29) is 6.10 Å². The molecule has 1 saturated heterocycles. The molecule has 2 aromatic carbocycles. The number of nitrogens with zero attached hydrogens (tertiary/aromatic N) is 3. The summed E-state index contributed by atoms with van der Waals surface area (Å²) in [7, 11) is 0. The number of ether oxygens (including phenoxy) is 2. The highest BCUT2D eigenvalue weighted by Gasteiger charge is 2.28. The Hall–Kier alpha value is -3.70. The molecule has 3 heterocycles. The largest absolute Gasteiger partial charge is 0.486 e. The fourth-order valence-electron chi connectivity index (χ4n) is 3.79. The Labute approximate surface area is 188 Å². The van der Waals surface area contributed by atoms with Crippen LogP contribution in [0.3, 0.4) is 0 Å². The number of rotatable bonds is 7. The molecule has 0 unspecified atom stereocenters. The van der Waals surface area contributed by atoms with E-state index >= 15 is 0 Å². The first kappa shape index (κ1) is 20.2. The van der Waals surface area contributed by atoms with Gasteiger partial charge in [-0.3, -0.25) is 14.9 Å². The lowest BCUT2D eigenvalue weighted by molar-refractivity contribution is 0.0144. The summed E-state index contributed by atoms with van der Waals surface area (Å²) in [5.41, 5.74) is 4.25. The first-order valence-corrected chi connectivity index (χ1v) is 10.8. The van der Waals surface area contributed by atoms with Crippen LogP contribution in [0.5, 0.6) is 17.2 Å². The van der Waals surface area contributed by atoms with Gasteiger partial charge in [0.25, 0.3) is 0 Å². The van der Waals surface area contributed by atoms with Gasteiger partial charge >= 0.3 is 0 Å². The first-order valence-electron chi connectivity index (χ1n) is 10.8. The van der Waals surface area contributed by atoms with Gasteiger partial charge in [-0.15, -0.1) is 0 Å². The summed E-state index contributed by atoms with van der Waals surface area (Å²) in [6.07, 6.45) is 3.81. The van der Waals surface area contributed by atoms with Gasteiger partial charge < -0.3 is 9.47 Å². The summed E-state index contributed by atoms with van der Waals surface area (Å²) in [6, 6.07) is 26.1. The van der Waals surface area contributed by atoms with Gasteiger partial charge in [0.2, 0.25) is 0 Å². The average Bonchev–Trinajstić information content (AvgIpc) is 2.80. The smallest absolute Gasteiger partial charge is 0.138 e. The second-order valence-electron chi connectivity index (χ2n) is 8.06. The van der Waals surface area contributed by atoms with Crippen LogP contribution < -0.4 is 9.47 Å². The van der Waals surface area contributed by atoms with Crippen molar-refractivity contribution in [1.29, 1.82) is 0 Å². The summed E-state index contributed by atoms with van der Waals surface area (Å²) < 4.78 is 11.9. The fourth-order valence-corrected chi connectivity index (χ4v) is 3.79. The van der Waals surface area contributed by atoms with Crippen molar-refractivity contribution in [1.82, 2.24) is 14.9 Å². The van der Waals surface area contributed by atoms with Crippen LogP contribution in [0.4, 0.5) is 0 Å². The van der Waals surface area contributed by atoms with Crippen molar-refractivity contribution in [3.05, 3.63) is 103 Å². The maximum absolute atomic E-state index is 6.08. The van der Waals surface area contributed by atoms with Gasteiger partial charge in [0.05, 0.1) is 11.9 Å². The van der Waals surface area contributed by atoms with Crippen molar-refractivity contribution in [3.63, 3.8) is 0 Å². The second-order valence-corrected chi connectivity index (χ2v) is 8.06. The molecule has 0 saturated carbocycles. The highest BCUT2D eigenvalue weighted by Crippen LogP contribution is 2.25. The highest BCUT2D eigenvalue weighted by molar-refractivity contribution is 5.59. The Bertz CT molecular complexity index is 1160. The van der Waals surface area contributed by atoms with Crippen molar-refractivity contribution in [2.24, 2.45) is 0 Å². The zero-order valence-electron chi connectivity index (χ0n) is 18.0. The molecule has 160 valence electrons. The number of aryl methyl sites for hydroxylation is 1. The molecule has 32 heavy (non-hydrogen) atoms. The van der Waals surface area contributed by atoms with E-state index in [4.69, 9.17) is 9.47 Å². The molecule has 0 amide bonds. The predicted octanol–water partition coefficient (Wildman–Crippen LogP) is 5.51. The standard InChI is InChI=1S/C27H25N3O2/c1-20-15-22(13-14-28-20)27-12-11-25(16-29-27)32-26-18-30(19-26)17-21-7-9-24(10-8-21)31-23-5-3-2-4-6-23/h2-16,26H,17-19H2,1H3. The van der Waals surface area contributed by atoms with Crippen molar-refractivity contribution < 1.29 is 9.47 Å². The number of benzene rings is 2. The highest BCUT2D eigenvalue weighted by atomic mass is 16.5. The number of hydrogen-bond donors (Lipinski definition) is 0. The topological polar surface area (TPSA) is 47.5 Å². The third kappa shape index (κ3) is 4.95. The van der Waals surface area contributed by atoms with E-state index in [1.165, 1.54) is 5.56 Å². The van der Waals surface area contributed by atoms with E-state index in [0.717, 1.165) is 53.8 Å². The van der Waals surface area contributed by atoms with Crippen LogP contribution >= 0.6 is 0 Å². The van der Waals surface area contributed by atoms with Gasteiger partial charge in [0, 0.05) is 37.1 Å². The monoisotopic (exact) mass is 423 g/mol. The zero-order chi connectivity index (χ0) is 21.8. The van der Waals surface area contributed by atoms with Gasteiger partial charge in [0.15, 0.2) is 0 Å². The summed E-state index contributed by atoms with van der Waals surface area (Å²) in [4.78, 5) is 11.2. The van der Waals surface area contributed by atoms with Gasteiger partial charge in [-0.05, 0) is 61.0 Å². The van der Waals surface area contributed by atoms with Gasteiger partial charge in [-0.1, -0.05) is 30.3 Å². The Morgan fingerprint density at radius 1 is 0.844 bits per heavy atom. The maximum Gasteiger partial charge on any atom is 0.138 e. The van der Waals surface area contributed by atoms with Crippen molar-refractivity contribution in [3.8, 4) is 28.5 Å². The van der Waals surface area contributed by atoms with E-state index in [1.54, 1.807) is 6.20 Å². The molecule has 5 nitrogen and oxygen atoms in total. The summed E-state index contributed by atoms with van der Waals surface area (Å²) in [5.74, 6) is 2.51. The molecular formula is C27H25N3O2. The molecule has 0 aliphatic carbocycles. The van der Waals surface area contributed by atoms with Crippen molar-refractivity contribution >= 4 is 0 Å². The van der Waals surface area contributed by atoms with Crippen LogP contribution in [0.15, 0.2) is 91.3 Å². The molecule has 1 aliphatic heterocycles. The summed E-state index contributed by atoms with van der Waals surface area (Å²) >= 11 is 0. The molecule has 0 bridgehead atoms. The number of hydrogen-bond acceptors (Lipinski definition) is 5. The lowest BCUT2D eigenvalue weighted by atomic mass is 10.1. The molecule has 2 aromatic heterocycles. The van der Waals surface area contributed by atoms with Gasteiger partial charge in [0.1, 0.15) is 23.4 Å². The Balaban J connectivity index is 1.09. The summed E-state index contributed by atoms with van der Waals surface area (Å²) in [5, 5.41) is 0. The quantitative estimate of drug-likeness (QED) is 0.392.